The number of hydrogen-bond donors (Lipinski definition) is 0. The van der Waals surface area contributed by atoms with E-state index >= 15 is 0 Å². The zero-order valence-corrected chi connectivity index (χ0v) is 2.86. The predicted molar refractivity (Wildman–Crippen MR) is 41.2 cm³/mol. The Morgan fingerprint density at radius 3 is 0.833 bits per heavy atom. The third kappa shape index (κ3) is 25.3. The molecule has 0 N–H and O–H groups in total. The van der Waals surface area contributed by atoms with Crippen LogP contribution in [-0.4, -0.2) is 98.3 Å². The summed E-state index contributed by atoms with van der Waals surface area (Å²) >= 11 is 0. The minimum atomic E-state index is 0. The van der Waals surface area contributed by atoms with Crippen molar-refractivity contribution in [2.24, 2.45) is 0 Å². The average molecular weight is 187 g/mol. The molecule has 0 fully saturated rings. The van der Waals surface area contributed by atoms with Gasteiger partial charge in [0, 0.05) is 0 Å². The SMILES string of the molecule is Cl.Cl.F.[AlH3].[KH].[NaH]. The quantitative estimate of drug-likeness (QED) is 0.405. The predicted octanol–water partition coefficient (Wildman–Crippen LogP) is -1.48. The van der Waals surface area contributed by atoms with Crippen LogP contribution in [0.25, 0.3) is 0 Å². The monoisotopic (exact) mass is 186 g/mol. The summed E-state index contributed by atoms with van der Waals surface area (Å²) in [6, 6.07) is 0. The van der Waals surface area contributed by atoms with Crippen molar-refractivity contribution in [3.05, 3.63) is 0 Å². The Morgan fingerprint density at radius 2 is 0.833 bits per heavy atom. The fourth-order valence-corrected chi connectivity index (χ4v) is 0. The molecule has 34 valence electrons. The van der Waals surface area contributed by atoms with E-state index in [2.05, 4.69) is 0 Å². The molecule has 0 aliphatic heterocycles. The molecule has 0 bridgehead atoms. The molecule has 0 saturated heterocycles. The van der Waals surface area contributed by atoms with E-state index in [4.69, 9.17) is 0 Å². The van der Waals surface area contributed by atoms with Gasteiger partial charge in [-0.05, 0) is 0 Å². The molecule has 0 unspecified atom stereocenters. The Kier molecular flexibility index (Phi) is 339. The number of rotatable bonds is 0. The van der Waals surface area contributed by atoms with Gasteiger partial charge in [-0.25, -0.2) is 0 Å². The van der Waals surface area contributed by atoms with E-state index in [0.717, 1.165) is 0 Å². The first-order valence-corrected chi connectivity index (χ1v) is 0. The summed E-state index contributed by atoms with van der Waals surface area (Å²) in [4.78, 5) is 0. The Morgan fingerprint density at radius 1 is 0.833 bits per heavy atom. The summed E-state index contributed by atoms with van der Waals surface area (Å²) in [7, 11) is 0. The second-order valence-corrected chi connectivity index (χ2v) is 0. The zero-order valence-electron chi connectivity index (χ0n) is 1.22. The van der Waals surface area contributed by atoms with Crippen molar-refractivity contribution in [1.29, 1.82) is 0 Å². The molecule has 0 saturated carbocycles. The van der Waals surface area contributed by atoms with E-state index in [0.29, 0.717) is 0 Å². The maximum atomic E-state index is 0. The van der Waals surface area contributed by atoms with Gasteiger partial charge in [-0.1, -0.05) is 0 Å². The molecule has 0 aromatic carbocycles. The van der Waals surface area contributed by atoms with Gasteiger partial charge in [-0.2, -0.15) is 0 Å². The van der Waals surface area contributed by atoms with Crippen LogP contribution in [0.2, 0.25) is 0 Å². The van der Waals surface area contributed by atoms with Gasteiger partial charge < -0.3 is 0 Å². The first-order chi connectivity index (χ1) is 0. The van der Waals surface area contributed by atoms with Gasteiger partial charge in [0.05, 0.1) is 0 Å². The van der Waals surface area contributed by atoms with Crippen molar-refractivity contribution in [1.82, 2.24) is 0 Å². The second kappa shape index (κ2) is 37.8. The van der Waals surface area contributed by atoms with E-state index in [1.807, 2.05) is 0 Å². The molecule has 0 atom stereocenters. The fourth-order valence-electron chi connectivity index (χ4n) is 0. The molecule has 0 amide bonds. The third-order valence-corrected chi connectivity index (χ3v) is 0. The topological polar surface area (TPSA) is 0 Å². The van der Waals surface area contributed by atoms with Crippen LogP contribution in [0.15, 0.2) is 0 Å². The van der Waals surface area contributed by atoms with Crippen molar-refractivity contribution < 1.29 is 4.70 Å². The summed E-state index contributed by atoms with van der Waals surface area (Å²) in [5.41, 5.74) is 0. The zero-order chi connectivity index (χ0) is 0. The van der Waals surface area contributed by atoms with E-state index in [9.17, 15) is 0 Å². The Bertz CT molecular complexity index is 13.5. The molecule has 6 heavy (non-hydrogen) atoms. The van der Waals surface area contributed by atoms with E-state index in [1.165, 1.54) is 0 Å². The normalized spacial score (nSPS) is 0. The molecule has 0 aromatic heterocycles. The Balaban J connectivity index is 0. The van der Waals surface area contributed by atoms with Crippen LogP contribution in [0.1, 0.15) is 0 Å². The first-order valence-electron chi connectivity index (χ1n) is 0. The van der Waals surface area contributed by atoms with Crippen LogP contribution in [0.3, 0.4) is 0 Å². The first kappa shape index (κ1) is 53.9. The molecule has 0 heterocycles. The molecule has 0 radical (unpaired) electrons. The maximum absolute atomic E-state index is 0. The van der Waals surface area contributed by atoms with Crippen molar-refractivity contribution in [2.45, 2.75) is 0 Å². The van der Waals surface area contributed by atoms with Crippen LogP contribution in [-0.2, 0) is 0 Å². The van der Waals surface area contributed by atoms with Gasteiger partial charge in [0.2, 0.25) is 0 Å². The van der Waals surface area contributed by atoms with Crippen molar-refractivity contribution >= 4 is 123 Å². The second-order valence-electron chi connectivity index (χ2n) is 0. The summed E-state index contributed by atoms with van der Waals surface area (Å²) < 4.78 is 0. The Hall–Kier alpha value is 3.68. The van der Waals surface area contributed by atoms with E-state index < -0.39 is 0 Å². The van der Waals surface area contributed by atoms with E-state index in [1.54, 1.807) is 0 Å². The summed E-state index contributed by atoms with van der Waals surface area (Å²) in [6.07, 6.45) is 0. The van der Waals surface area contributed by atoms with E-state index in [-0.39, 0.29) is 128 Å². The van der Waals surface area contributed by atoms with Gasteiger partial charge in [-0.15, -0.1) is 24.8 Å². The third-order valence-electron chi connectivity index (χ3n) is 0. The van der Waals surface area contributed by atoms with Crippen LogP contribution >= 0.6 is 24.8 Å². The number of hydrogen-bond acceptors (Lipinski definition) is 0. The molecule has 0 aromatic rings. The molecule has 0 aliphatic carbocycles. The van der Waals surface area contributed by atoms with Crippen molar-refractivity contribution in [3.63, 3.8) is 0 Å². The molecular formula is H8AlCl2FKNa. The molecule has 0 rings (SSSR count). The van der Waals surface area contributed by atoms with Crippen LogP contribution in [0.5, 0.6) is 0 Å². The molecule has 6 heteroatoms. The summed E-state index contributed by atoms with van der Waals surface area (Å²) in [5, 5.41) is 0. The van der Waals surface area contributed by atoms with Crippen LogP contribution in [0, 0.1) is 0 Å². The standard InChI is InChI=1S/Al.2ClH.FH.K.Na.5H/h;3*1H;;;;;;;. The number of halogens is 3. The van der Waals surface area contributed by atoms with Gasteiger partial charge in [0.25, 0.3) is 0 Å². The molecule has 0 spiro atoms. The molecule has 0 aliphatic rings. The van der Waals surface area contributed by atoms with Gasteiger partial charge in [-0.3, -0.25) is 4.70 Å². The minimum absolute atomic E-state index is 0. The van der Waals surface area contributed by atoms with Crippen LogP contribution < -0.4 is 0 Å². The fraction of sp³-hybridized carbons (Fsp3) is 0. The summed E-state index contributed by atoms with van der Waals surface area (Å²) in [6.45, 7) is 0. The van der Waals surface area contributed by atoms with Gasteiger partial charge >= 0.3 is 80.9 Å². The summed E-state index contributed by atoms with van der Waals surface area (Å²) in [5.74, 6) is 0. The van der Waals surface area contributed by atoms with Gasteiger partial charge in [0.15, 0.2) is 17.4 Å². The molecule has 0 nitrogen and oxygen atoms in total. The average Bonchev–Trinajstić information content (AvgIpc) is 0. The molecular weight excluding hydrogens is 179 g/mol. The van der Waals surface area contributed by atoms with Gasteiger partial charge in [0.1, 0.15) is 0 Å². The van der Waals surface area contributed by atoms with Crippen LogP contribution in [0.4, 0.5) is 4.70 Å². The van der Waals surface area contributed by atoms with Crippen molar-refractivity contribution in [3.8, 4) is 0 Å². The Labute approximate surface area is 125 Å². The van der Waals surface area contributed by atoms with Crippen molar-refractivity contribution in [2.75, 3.05) is 0 Å².